The number of hydrogen-bond donors (Lipinski definition) is 1. The monoisotopic (exact) mass is 336 g/mol. The van der Waals surface area contributed by atoms with E-state index in [1.807, 2.05) is 43.7 Å². The summed E-state index contributed by atoms with van der Waals surface area (Å²) >= 11 is 0. The molecule has 7 nitrogen and oxygen atoms in total. The van der Waals surface area contributed by atoms with E-state index < -0.39 is 0 Å². The second kappa shape index (κ2) is 6.98. The van der Waals surface area contributed by atoms with Gasteiger partial charge in [0.05, 0.1) is 6.04 Å². The molecule has 3 aromatic rings. The zero-order chi connectivity index (χ0) is 17.1. The number of rotatable bonds is 5. The molecule has 0 unspecified atom stereocenters. The highest BCUT2D eigenvalue weighted by atomic mass is 16.5. The third-order valence-electron chi connectivity index (χ3n) is 4.50. The van der Waals surface area contributed by atoms with Gasteiger partial charge in [-0.15, -0.1) is 0 Å². The van der Waals surface area contributed by atoms with Crippen molar-refractivity contribution in [2.24, 2.45) is 0 Å². The van der Waals surface area contributed by atoms with Crippen LogP contribution in [0.5, 0.6) is 0 Å². The zero-order valence-electron chi connectivity index (χ0n) is 14.1. The predicted molar refractivity (Wildman–Crippen MR) is 93.7 cm³/mol. The van der Waals surface area contributed by atoms with Gasteiger partial charge in [0.25, 0.3) is 0 Å². The van der Waals surface area contributed by atoms with Gasteiger partial charge >= 0.3 is 0 Å². The van der Waals surface area contributed by atoms with Crippen molar-refractivity contribution in [1.29, 1.82) is 0 Å². The van der Waals surface area contributed by atoms with E-state index in [1.54, 1.807) is 6.20 Å². The molecule has 1 N–H and O–H groups in total. The van der Waals surface area contributed by atoms with Crippen LogP contribution in [-0.2, 0) is 6.54 Å². The van der Waals surface area contributed by atoms with Gasteiger partial charge < -0.3 is 9.84 Å². The Bertz CT molecular complexity index is 817. The first-order valence-electron chi connectivity index (χ1n) is 8.44. The number of nitrogens with one attached hydrogen (secondary N) is 1. The lowest BCUT2D eigenvalue weighted by Crippen LogP contribution is -2.23. The summed E-state index contributed by atoms with van der Waals surface area (Å²) in [7, 11) is 1.84. The second-order valence-corrected chi connectivity index (χ2v) is 6.12. The zero-order valence-corrected chi connectivity index (χ0v) is 14.1. The van der Waals surface area contributed by atoms with Gasteiger partial charge in [0.15, 0.2) is 0 Å². The number of hydrogen-bond acceptors (Lipinski definition) is 7. The standard InChI is InChI=1S/C18H20N6O/c1-19-16-5-4-14(11-21-16)17-22-18(25-23-17)15-3-2-10-24(15)12-13-6-8-20-9-7-13/h4-9,11,15H,2-3,10,12H2,1H3,(H,19,21)/t15-/m0/s1. The molecule has 25 heavy (non-hydrogen) atoms. The maximum Gasteiger partial charge on any atom is 0.244 e. The Morgan fingerprint density at radius 2 is 2.12 bits per heavy atom. The third-order valence-corrected chi connectivity index (χ3v) is 4.50. The third kappa shape index (κ3) is 3.36. The fraction of sp³-hybridized carbons (Fsp3) is 0.333. The van der Waals surface area contributed by atoms with Crippen LogP contribution in [0.2, 0.25) is 0 Å². The van der Waals surface area contributed by atoms with E-state index in [9.17, 15) is 0 Å². The molecule has 1 saturated heterocycles. The molecular weight excluding hydrogens is 316 g/mol. The minimum atomic E-state index is 0.166. The van der Waals surface area contributed by atoms with Crippen molar-refractivity contribution in [3.05, 3.63) is 54.3 Å². The summed E-state index contributed by atoms with van der Waals surface area (Å²) in [4.78, 5) is 15.4. The lowest BCUT2D eigenvalue weighted by atomic mass is 10.2. The number of anilines is 1. The molecule has 0 amide bonds. The van der Waals surface area contributed by atoms with Crippen LogP contribution in [0, 0.1) is 0 Å². The molecule has 1 atom stereocenters. The summed E-state index contributed by atoms with van der Waals surface area (Å²) < 4.78 is 5.57. The average molecular weight is 336 g/mol. The van der Waals surface area contributed by atoms with Gasteiger partial charge in [-0.1, -0.05) is 5.16 Å². The van der Waals surface area contributed by atoms with Crippen LogP contribution in [0.3, 0.4) is 0 Å². The number of aromatic nitrogens is 4. The Kier molecular flexibility index (Phi) is 4.39. The number of nitrogens with zero attached hydrogens (tertiary/aromatic N) is 5. The second-order valence-electron chi connectivity index (χ2n) is 6.12. The molecule has 0 radical (unpaired) electrons. The van der Waals surface area contributed by atoms with Gasteiger partial charge in [-0.2, -0.15) is 4.98 Å². The fourth-order valence-corrected chi connectivity index (χ4v) is 3.18. The Balaban J connectivity index is 1.52. The van der Waals surface area contributed by atoms with E-state index in [0.29, 0.717) is 11.7 Å². The highest BCUT2D eigenvalue weighted by Gasteiger charge is 2.30. The van der Waals surface area contributed by atoms with Crippen molar-refractivity contribution in [3.8, 4) is 11.4 Å². The van der Waals surface area contributed by atoms with Crippen LogP contribution in [0.1, 0.15) is 30.3 Å². The fourth-order valence-electron chi connectivity index (χ4n) is 3.18. The molecule has 7 heteroatoms. The first kappa shape index (κ1) is 15.7. The van der Waals surface area contributed by atoms with Gasteiger partial charge in [-0.3, -0.25) is 9.88 Å². The summed E-state index contributed by atoms with van der Waals surface area (Å²) in [6.07, 6.45) is 7.57. The molecule has 4 rings (SSSR count). The normalized spacial score (nSPS) is 17.7. The molecule has 1 aliphatic rings. The van der Waals surface area contributed by atoms with Crippen molar-refractivity contribution in [1.82, 2.24) is 25.0 Å². The lowest BCUT2D eigenvalue weighted by Gasteiger charge is -2.21. The highest BCUT2D eigenvalue weighted by Crippen LogP contribution is 2.33. The van der Waals surface area contributed by atoms with Crippen LogP contribution in [-0.4, -0.2) is 38.6 Å². The van der Waals surface area contributed by atoms with E-state index in [0.717, 1.165) is 37.3 Å². The largest absolute Gasteiger partial charge is 0.373 e. The molecule has 1 fully saturated rings. The van der Waals surface area contributed by atoms with E-state index in [-0.39, 0.29) is 6.04 Å². The van der Waals surface area contributed by atoms with Crippen LogP contribution in [0.15, 0.2) is 47.4 Å². The van der Waals surface area contributed by atoms with E-state index in [2.05, 4.69) is 30.3 Å². The lowest BCUT2D eigenvalue weighted by molar-refractivity contribution is 0.201. The van der Waals surface area contributed by atoms with Crippen LogP contribution >= 0.6 is 0 Å². The topological polar surface area (TPSA) is 80.0 Å². The van der Waals surface area contributed by atoms with Gasteiger partial charge in [0.2, 0.25) is 11.7 Å². The van der Waals surface area contributed by atoms with Crippen LogP contribution < -0.4 is 5.32 Å². The summed E-state index contributed by atoms with van der Waals surface area (Å²) in [6.45, 7) is 1.90. The van der Waals surface area contributed by atoms with E-state index in [1.165, 1.54) is 5.56 Å². The molecule has 3 aromatic heterocycles. The first-order valence-corrected chi connectivity index (χ1v) is 8.44. The van der Waals surface area contributed by atoms with Crippen molar-refractivity contribution >= 4 is 5.82 Å². The predicted octanol–water partition coefficient (Wildman–Crippen LogP) is 2.91. The smallest absolute Gasteiger partial charge is 0.244 e. The number of pyridine rings is 2. The average Bonchev–Trinajstić information content (AvgIpc) is 3.32. The van der Waals surface area contributed by atoms with Crippen molar-refractivity contribution in [2.45, 2.75) is 25.4 Å². The molecule has 0 saturated carbocycles. The van der Waals surface area contributed by atoms with Gasteiger partial charge in [0, 0.05) is 37.7 Å². The van der Waals surface area contributed by atoms with Crippen molar-refractivity contribution in [2.75, 3.05) is 18.9 Å². The van der Waals surface area contributed by atoms with Gasteiger partial charge in [-0.05, 0) is 49.2 Å². The van der Waals surface area contributed by atoms with Crippen LogP contribution in [0.4, 0.5) is 5.82 Å². The van der Waals surface area contributed by atoms with Gasteiger partial charge in [-0.25, -0.2) is 4.98 Å². The first-order chi connectivity index (χ1) is 12.3. The molecule has 1 aliphatic heterocycles. The quantitative estimate of drug-likeness (QED) is 0.767. The molecule has 0 aromatic carbocycles. The highest BCUT2D eigenvalue weighted by molar-refractivity contribution is 5.55. The molecule has 0 aliphatic carbocycles. The van der Waals surface area contributed by atoms with Gasteiger partial charge in [0.1, 0.15) is 5.82 Å². The Morgan fingerprint density at radius 3 is 2.88 bits per heavy atom. The van der Waals surface area contributed by atoms with Crippen LogP contribution in [0.25, 0.3) is 11.4 Å². The maximum absolute atomic E-state index is 5.57. The van der Waals surface area contributed by atoms with Crippen molar-refractivity contribution < 1.29 is 4.52 Å². The summed E-state index contributed by atoms with van der Waals surface area (Å²) in [6, 6.07) is 8.10. The van der Waals surface area contributed by atoms with E-state index >= 15 is 0 Å². The minimum absolute atomic E-state index is 0.166. The van der Waals surface area contributed by atoms with E-state index in [4.69, 9.17) is 4.52 Å². The maximum atomic E-state index is 5.57. The summed E-state index contributed by atoms with van der Waals surface area (Å²) in [5.41, 5.74) is 2.10. The molecule has 0 bridgehead atoms. The molecular formula is C18H20N6O. The molecule has 128 valence electrons. The minimum Gasteiger partial charge on any atom is -0.373 e. The molecule has 4 heterocycles. The molecule has 0 spiro atoms. The SMILES string of the molecule is CNc1ccc(-c2noc([C@@H]3CCCN3Cc3ccncc3)n2)cn1. The Labute approximate surface area is 146 Å². The number of likely N-dealkylation sites (tertiary alicyclic amines) is 1. The Hall–Kier alpha value is -2.80. The van der Waals surface area contributed by atoms with Crippen molar-refractivity contribution in [3.63, 3.8) is 0 Å². The summed E-state index contributed by atoms with van der Waals surface area (Å²) in [5, 5.41) is 7.14. The summed E-state index contributed by atoms with van der Waals surface area (Å²) in [5.74, 6) is 2.08. The Morgan fingerprint density at radius 1 is 1.24 bits per heavy atom.